The second-order valence-corrected chi connectivity index (χ2v) is 8.01. The fourth-order valence-corrected chi connectivity index (χ4v) is 4.76. The number of carbonyl (C=O) groups is 1. The Morgan fingerprint density at radius 2 is 1.91 bits per heavy atom. The molecule has 1 aliphatic carbocycles. The van der Waals surface area contributed by atoms with Gasteiger partial charge in [-0.1, -0.05) is 24.3 Å². The molecule has 3 aliphatic rings. The molecule has 32 heavy (non-hydrogen) atoms. The topological polar surface area (TPSA) is 192 Å². The van der Waals surface area contributed by atoms with E-state index in [4.69, 9.17) is 4.74 Å². The SMILES string of the molecule is O=C1c2ccccc2[C@]2(O)Nc3nc4c(ncn4[C@@H]4O[C@H](CO)[C@H](O)[C@H]4O)c(=O)n3[C@]12O. The van der Waals surface area contributed by atoms with E-state index in [1.807, 2.05) is 0 Å². The summed E-state index contributed by atoms with van der Waals surface area (Å²) in [5.41, 5.74) is -6.16. The summed E-state index contributed by atoms with van der Waals surface area (Å²) < 4.78 is 7.33. The number of Topliss-reactive ketones (excluding diaryl/α,β-unsaturated/α-hetero) is 1. The van der Waals surface area contributed by atoms with Crippen LogP contribution in [0.25, 0.3) is 11.2 Å². The minimum atomic E-state index is -2.68. The number of hydrogen-bond donors (Lipinski definition) is 6. The Labute approximate surface area is 177 Å². The molecule has 13 heteroatoms. The van der Waals surface area contributed by atoms with Gasteiger partial charge >= 0.3 is 0 Å². The Bertz CT molecular complexity index is 1370. The molecule has 1 saturated heterocycles. The summed E-state index contributed by atoms with van der Waals surface area (Å²) in [6.07, 6.45) is -3.95. The number of aliphatic hydroxyl groups is 5. The molecule has 13 nitrogen and oxygen atoms in total. The molecular formula is C19H17N5O8. The van der Waals surface area contributed by atoms with Crippen LogP contribution < -0.4 is 10.9 Å². The Morgan fingerprint density at radius 1 is 1.16 bits per heavy atom. The van der Waals surface area contributed by atoms with Crippen molar-refractivity contribution in [3.8, 4) is 0 Å². The number of ether oxygens (including phenoxy) is 1. The molecule has 3 aromatic rings. The molecule has 4 heterocycles. The quantitative estimate of drug-likeness (QED) is 0.242. The van der Waals surface area contributed by atoms with Gasteiger partial charge < -0.3 is 35.6 Å². The van der Waals surface area contributed by atoms with Gasteiger partial charge in [-0.25, -0.2) is 9.55 Å². The van der Waals surface area contributed by atoms with E-state index < -0.39 is 53.9 Å². The average molecular weight is 443 g/mol. The molecule has 0 saturated carbocycles. The lowest BCUT2D eigenvalue weighted by molar-refractivity contribution is -0.139. The normalized spacial score (nSPS) is 35.1. The van der Waals surface area contributed by atoms with Crippen LogP contribution in [0.15, 0.2) is 35.4 Å². The van der Waals surface area contributed by atoms with Crippen LogP contribution in [0.4, 0.5) is 5.95 Å². The minimum absolute atomic E-state index is 0.0553. The zero-order chi connectivity index (χ0) is 22.6. The fraction of sp³-hybridized carbons (Fsp3) is 0.368. The van der Waals surface area contributed by atoms with E-state index in [-0.39, 0.29) is 28.2 Å². The lowest BCUT2D eigenvalue weighted by Crippen LogP contribution is -2.54. The number of nitrogens with zero attached hydrogens (tertiary/aromatic N) is 4. The van der Waals surface area contributed by atoms with Gasteiger partial charge in [0, 0.05) is 11.1 Å². The van der Waals surface area contributed by atoms with Gasteiger partial charge in [-0.05, 0) is 0 Å². The highest BCUT2D eigenvalue weighted by molar-refractivity contribution is 6.08. The van der Waals surface area contributed by atoms with E-state index in [2.05, 4.69) is 15.3 Å². The Balaban J connectivity index is 1.55. The lowest BCUT2D eigenvalue weighted by atomic mass is 10.0. The Kier molecular flexibility index (Phi) is 3.64. The van der Waals surface area contributed by atoms with Crippen molar-refractivity contribution in [3.05, 3.63) is 52.1 Å². The molecule has 166 valence electrons. The van der Waals surface area contributed by atoms with E-state index in [1.54, 1.807) is 12.1 Å². The monoisotopic (exact) mass is 443 g/mol. The molecule has 2 aromatic heterocycles. The smallest absolute Gasteiger partial charge is 0.286 e. The highest BCUT2D eigenvalue weighted by Gasteiger charge is 2.69. The van der Waals surface area contributed by atoms with Crippen molar-refractivity contribution in [2.24, 2.45) is 0 Å². The van der Waals surface area contributed by atoms with Gasteiger partial charge in [-0.15, -0.1) is 0 Å². The maximum Gasteiger partial charge on any atom is 0.286 e. The van der Waals surface area contributed by atoms with Gasteiger partial charge in [0.15, 0.2) is 17.4 Å². The molecule has 0 bridgehead atoms. The van der Waals surface area contributed by atoms with Crippen molar-refractivity contribution < 1.29 is 35.1 Å². The van der Waals surface area contributed by atoms with E-state index in [0.717, 1.165) is 6.33 Å². The predicted octanol–water partition coefficient (Wildman–Crippen LogP) is -2.68. The summed E-state index contributed by atoms with van der Waals surface area (Å²) in [7, 11) is 0. The zero-order valence-electron chi connectivity index (χ0n) is 16.2. The predicted molar refractivity (Wildman–Crippen MR) is 103 cm³/mol. The molecule has 6 N–H and O–H groups in total. The number of imidazole rings is 1. The number of benzene rings is 1. The van der Waals surface area contributed by atoms with Crippen LogP contribution in [-0.2, 0) is 16.2 Å². The van der Waals surface area contributed by atoms with Crippen LogP contribution in [0.2, 0.25) is 0 Å². The number of carbonyl (C=O) groups excluding carboxylic acids is 1. The standard InChI is InChI=1S/C19H17N5O8/c25-5-9-11(26)12(27)16(32-9)23-6-20-10-14(23)21-17-22-18(30)8-4-2-1-3-7(8)13(28)19(18,31)24(17)15(10)29/h1-4,6,9,11-12,16,25-27,30-31H,5H2,(H,21,22)/t9-,11+,12-,16-,18-,19+/m1/s1. The van der Waals surface area contributed by atoms with E-state index in [1.165, 1.54) is 16.7 Å². The molecular weight excluding hydrogens is 426 g/mol. The lowest BCUT2D eigenvalue weighted by Gasteiger charge is -2.29. The molecule has 6 rings (SSSR count). The number of fused-ring (bicyclic) bond motifs is 6. The number of nitrogens with one attached hydrogen (secondary N) is 1. The molecule has 2 aliphatic heterocycles. The molecule has 1 fully saturated rings. The first kappa shape index (κ1) is 19.5. The number of hydrogen-bond acceptors (Lipinski definition) is 11. The van der Waals surface area contributed by atoms with E-state index in [9.17, 15) is 35.1 Å². The first-order valence-corrected chi connectivity index (χ1v) is 9.73. The third-order valence-electron chi connectivity index (χ3n) is 6.39. The zero-order valence-corrected chi connectivity index (χ0v) is 16.2. The Hall–Kier alpha value is -3.20. The van der Waals surface area contributed by atoms with Gasteiger partial charge in [-0.2, -0.15) is 4.98 Å². The van der Waals surface area contributed by atoms with Gasteiger partial charge in [0.05, 0.1) is 12.9 Å². The van der Waals surface area contributed by atoms with E-state index >= 15 is 0 Å². The maximum absolute atomic E-state index is 13.3. The maximum atomic E-state index is 13.3. The number of rotatable bonds is 2. The van der Waals surface area contributed by atoms with E-state index in [0.29, 0.717) is 4.57 Å². The van der Waals surface area contributed by atoms with Crippen LogP contribution >= 0.6 is 0 Å². The van der Waals surface area contributed by atoms with Gasteiger partial charge in [0.1, 0.15) is 18.3 Å². The first-order valence-electron chi connectivity index (χ1n) is 9.73. The summed E-state index contributed by atoms with van der Waals surface area (Å²) in [4.78, 5) is 34.6. The van der Waals surface area contributed by atoms with Crippen molar-refractivity contribution in [3.63, 3.8) is 0 Å². The van der Waals surface area contributed by atoms with Crippen LogP contribution in [0.5, 0.6) is 0 Å². The summed E-state index contributed by atoms with van der Waals surface area (Å²) >= 11 is 0. The number of aliphatic hydroxyl groups excluding tert-OH is 3. The number of aromatic nitrogens is 4. The van der Waals surface area contributed by atoms with Crippen molar-refractivity contribution in [1.82, 2.24) is 19.1 Å². The van der Waals surface area contributed by atoms with Crippen molar-refractivity contribution >= 4 is 22.9 Å². The first-order chi connectivity index (χ1) is 15.2. The van der Waals surface area contributed by atoms with Crippen LogP contribution in [-0.4, -0.2) is 75.3 Å². The second-order valence-electron chi connectivity index (χ2n) is 8.01. The van der Waals surface area contributed by atoms with Crippen molar-refractivity contribution in [2.45, 2.75) is 36.0 Å². The van der Waals surface area contributed by atoms with Gasteiger partial charge in [0.2, 0.25) is 17.5 Å². The molecule has 0 radical (unpaired) electrons. The number of anilines is 1. The number of ketones is 1. The third-order valence-corrected chi connectivity index (χ3v) is 6.39. The van der Waals surface area contributed by atoms with Crippen LogP contribution in [0.1, 0.15) is 22.1 Å². The largest absolute Gasteiger partial charge is 0.394 e. The van der Waals surface area contributed by atoms with Gasteiger partial charge in [0.25, 0.3) is 11.3 Å². The van der Waals surface area contributed by atoms with Crippen LogP contribution in [0, 0.1) is 0 Å². The summed E-state index contributed by atoms with van der Waals surface area (Å²) in [6, 6.07) is 6.02. The van der Waals surface area contributed by atoms with Crippen LogP contribution in [0.3, 0.4) is 0 Å². The summed E-state index contributed by atoms with van der Waals surface area (Å²) in [5.74, 6) is -1.18. The highest BCUT2D eigenvalue weighted by atomic mass is 16.6. The second kappa shape index (κ2) is 5.98. The summed E-state index contributed by atoms with van der Waals surface area (Å²) in [6.45, 7) is -0.546. The van der Waals surface area contributed by atoms with Crippen molar-refractivity contribution in [1.29, 1.82) is 0 Å². The minimum Gasteiger partial charge on any atom is -0.394 e. The van der Waals surface area contributed by atoms with Gasteiger partial charge in [-0.3, -0.25) is 14.2 Å². The summed E-state index contributed by atoms with van der Waals surface area (Å²) in [5, 5.41) is 54.9. The third kappa shape index (κ3) is 1.98. The fourth-order valence-electron chi connectivity index (χ4n) is 4.76. The van der Waals surface area contributed by atoms with Crippen molar-refractivity contribution in [2.75, 3.05) is 11.9 Å². The average Bonchev–Trinajstić information content (AvgIpc) is 3.44. The highest BCUT2D eigenvalue weighted by Crippen LogP contribution is 2.51. The molecule has 0 amide bonds. The Morgan fingerprint density at radius 3 is 2.62 bits per heavy atom. The molecule has 0 spiro atoms. The molecule has 6 atom stereocenters. The molecule has 1 aromatic carbocycles. The molecule has 0 unspecified atom stereocenters.